The third kappa shape index (κ3) is 5.19. The molecule has 1 aliphatic rings. The molecule has 164 valence electrons. The smallest absolute Gasteiger partial charge is 0.440 e. The Kier molecular flexibility index (Phi) is 5.95. The zero-order valence-electron chi connectivity index (χ0n) is 17.4. The van der Waals surface area contributed by atoms with E-state index in [2.05, 4.69) is 4.98 Å². The quantitative estimate of drug-likeness (QED) is 0.561. The van der Waals surface area contributed by atoms with Crippen LogP contribution >= 0.6 is 0 Å². The van der Waals surface area contributed by atoms with E-state index in [1.54, 1.807) is 27.0 Å². The van der Waals surface area contributed by atoms with E-state index in [0.29, 0.717) is 12.8 Å². The van der Waals surface area contributed by atoms with E-state index in [1.165, 1.54) is 17.6 Å². The van der Waals surface area contributed by atoms with Gasteiger partial charge in [0.15, 0.2) is 24.2 Å². The molecule has 0 bridgehead atoms. The summed E-state index contributed by atoms with van der Waals surface area (Å²) in [5.74, 6) is -0.144. The minimum Gasteiger partial charge on any atom is -0.440 e. The number of aryl methyl sites for hydroxylation is 1. The maximum atomic E-state index is 13.6. The van der Waals surface area contributed by atoms with Crippen molar-refractivity contribution in [3.63, 3.8) is 0 Å². The number of nitrogens with zero attached hydrogens (tertiary/aromatic N) is 2. The molecule has 1 amide bonds. The fraction of sp³-hybridized carbons (Fsp3) is 0.571. The number of alkyl halides is 3. The Labute approximate surface area is 172 Å². The van der Waals surface area contributed by atoms with Crippen molar-refractivity contribution in [2.75, 3.05) is 0 Å². The molecule has 3 rings (SSSR count). The second kappa shape index (κ2) is 8.02. The number of carbonyl (C=O) groups is 1. The summed E-state index contributed by atoms with van der Waals surface area (Å²) < 4.78 is 52.5. The highest BCUT2D eigenvalue weighted by molar-refractivity contribution is 5.78. The van der Waals surface area contributed by atoms with Crippen LogP contribution in [0.15, 0.2) is 16.5 Å². The normalized spacial score (nSPS) is 20.7. The number of oxazole rings is 1. The molecule has 1 N–H and O–H groups in total. The first kappa shape index (κ1) is 22.3. The highest BCUT2D eigenvalue weighted by Crippen LogP contribution is 2.36. The summed E-state index contributed by atoms with van der Waals surface area (Å²) in [6.45, 7) is 6.45. The minimum absolute atomic E-state index is 0.0716. The molecule has 0 aliphatic heterocycles. The Morgan fingerprint density at radius 1 is 1.33 bits per heavy atom. The molecule has 1 unspecified atom stereocenters. The monoisotopic (exact) mass is 427 g/mol. The maximum absolute atomic E-state index is 13.6. The van der Waals surface area contributed by atoms with Crippen molar-refractivity contribution in [2.24, 2.45) is 5.92 Å². The number of hydrogen-bond donors (Lipinski definition) is 1. The number of amides is 1. The van der Waals surface area contributed by atoms with E-state index >= 15 is 0 Å². The summed E-state index contributed by atoms with van der Waals surface area (Å²) in [6.07, 6.45) is -2.23. The van der Waals surface area contributed by atoms with Gasteiger partial charge in [0, 0.05) is 12.5 Å². The van der Waals surface area contributed by atoms with Crippen molar-refractivity contribution in [1.29, 1.82) is 0 Å². The van der Waals surface area contributed by atoms with E-state index in [-0.39, 0.29) is 35.0 Å². The number of benzene rings is 1. The SMILES string of the molecule is Cc1nc2cc(C/[N+](=C\C3CCC[C@H]3O)C(=O)OC(C)(C)C)cc(C(F)(F)F)c2o1. The number of carbonyl (C=O) groups excluding carboxylic acids is 1. The Morgan fingerprint density at radius 3 is 2.60 bits per heavy atom. The lowest BCUT2D eigenvalue weighted by atomic mass is 10.1. The van der Waals surface area contributed by atoms with Gasteiger partial charge >= 0.3 is 12.3 Å². The first-order valence-corrected chi connectivity index (χ1v) is 9.83. The minimum atomic E-state index is -4.64. The first-order chi connectivity index (χ1) is 13.8. The van der Waals surface area contributed by atoms with Crippen LogP contribution in [0, 0.1) is 12.8 Å². The predicted molar refractivity (Wildman–Crippen MR) is 103 cm³/mol. The molecule has 0 saturated heterocycles. The summed E-state index contributed by atoms with van der Waals surface area (Å²) in [5.41, 5.74) is -1.75. The van der Waals surface area contributed by atoms with Crippen LogP contribution in [0.4, 0.5) is 18.0 Å². The molecule has 0 spiro atoms. The molecule has 6 nitrogen and oxygen atoms in total. The number of hydrogen-bond acceptors (Lipinski definition) is 5. The summed E-state index contributed by atoms with van der Waals surface area (Å²) >= 11 is 0. The fourth-order valence-corrected chi connectivity index (χ4v) is 3.57. The largest absolute Gasteiger partial charge is 0.596 e. The average Bonchev–Trinajstić information content (AvgIpc) is 3.15. The Hall–Kier alpha value is -2.42. The van der Waals surface area contributed by atoms with Crippen molar-refractivity contribution >= 4 is 23.4 Å². The van der Waals surface area contributed by atoms with Gasteiger partial charge in [-0.05, 0) is 52.2 Å². The van der Waals surface area contributed by atoms with Crippen LogP contribution in [0.5, 0.6) is 0 Å². The highest BCUT2D eigenvalue weighted by Gasteiger charge is 2.37. The number of halogens is 3. The van der Waals surface area contributed by atoms with E-state index in [1.807, 2.05) is 0 Å². The van der Waals surface area contributed by atoms with Crippen molar-refractivity contribution in [3.8, 4) is 0 Å². The van der Waals surface area contributed by atoms with E-state index in [9.17, 15) is 23.1 Å². The lowest BCUT2D eigenvalue weighted by Crippen LogP contribution is -2.33. The summed E-state index contributed by atoms with van der Waals surface area (Å²) in [6, 6.07) is 2.43. The molecule has 0 radical (unpaired) electrons. The zero-order chi connectivity index (χ0) is 22.3. The summed E-state index contributed by atoms with van der Waals surface area (Å²) in [4.78, 5) is 16.8. The molecule has 2 aromatic rings. The van der Waals surface area contributed by atoms with Gasteiger partial charge in [-0.3, -0.25) is 0 Å². The third-order valence-electron chi connectivity index (χ3n) is 4.85. The van der Waals surface area contributed by atoms with Gasteiger partial charge in [-0.1, -0.05) is 0 Å². The number of fused-ring (bicyclic) bond motifs is 1. The van der Waals surface area contributed by atoms with Gasteiger partial charge in [-0.25, -0.2) is 4.98 Å². The Bertz CT molecular complexity index is 973. The van der Waals surface area contributed by atoms with Crippen molar-refractivity contribution in [2.45, 2.75) is 71.4 Å². The molecule has 1 saturated carbocycles. The van der Waals surface area contributed by atoms with E-state index in [0.717, 1.165) is 12.5 Å². The molecule has 1 aromatic carbocycles. The van der Waals surface area contributed by atoms with Gasteiger partial charge in [0.25, 0.3) is 0 Å². The lowest BCUT2D eigenvalue weighted by molar-refractivity contribution is -0.464. The van der Waals surface area contributed by atoms with Crippen LogP contribution in [-0.4, -0.2) is 38.7 Å². The van der Waals surface area contributed by atoms with Crippen LogP contribution in [0.2, 0.25) is 0 Å². The van der Waals surface area contributed by atoms with E-state index in [4.69, 9.17) is 9.15 Å². The van der Waals surface area contributed by atoms with Gasteiger partial charge in [-0.2, -0.15) is 18.0 Å². The summed E-state index contributed by atoms with van der Waals surface area (Å²) in [5, 5.41) is 10.1. The lowest BCUT2D eigenvalue weighted by Gasteiger charge is -2.17. The number of rotatable bonds is 3. The standard InChI is InChI=1S/C21H26F3N2O4/c1-12-25-16-9-13(8-15(18(16)29-12)21(22,23)24)10-26(19(28)30-20(2,3)4)11-14-6-5-7-17(14)27/h8-9,11,14,17,27H,5-7,10H2,1-4H3/q+1/b26-11+/t14?,17-/m1/s1. The van der Waals surface area contributed by atoms with E-state index < -0.39 is 29.5 Å². The Morgan fingerprint density at radius 2 is 2.03 bits per heavy atom. The Balaban J connectivity index is 2.02. The summed E-state index contributed by atoms with van der Waals surface area (Å²) in [7, 11) is 0. The van der Waals surface area contributed by atoms with Crippen molar-refractivity contribution in [1.82, 2.24) is 4.98 Å². The van der Waals surface area contributed by atoms with Gasteiger partial charge < -0.3 is 14.3 Å². The van der Waals surface area contributed by atoms with Crippen LogP contribution < -0.4 is 0 Å². The first-order valence-electron chi connectivity index (χ1n) is 9.83. The van der Waals surface area contributed by atoms with Crippen molar-refractivity contribution in [3.05, 3.63) is 29.2 Å². The molecule has 30 heavy (non-hydrogen) atoms. The fourth-order valence-electron chi connectivity index (χ4n) is 3.57. The average molecular weight is 427 g/mol. The molecule has 9 heteroatoms. The molecule has 1 fully saturated rings. The number of aliphatic hydroxyl groups excluding tert-OH is 1. The molecule has 2 atom stereocenters. The van der Waals surface area contributed by atoms with Gasteiger partial charge in [0.1, 0.15) is 16.7 Å². The van der Waals surface area contributed by atoms with Gasteiger partial charge in [-0.15, -0.1) is 4.58 Å². The predicted octanol–water partition coefficient (Wildman–Crippen LogP) is 4.83. The molecule has 1 aliphatic carbocycles. The second-order valence-electron chi connectivity index (χ2n) is 8.64. The molecule has 1 aromatic heterocycles. The topological polar surface area (TPSA) is 75.6 Å². The number of aliphatic hydroxyl groups is 1. The van der Waals surface area contributed by atoms with Gasteiger partial charge in [0.2, 0.25) is 0 Å². The van der Waals surface area contributed by atoms with Crippen LogP contribution in [0.3, 0.4) is 0 Å². The van der Waals surface area contributed by atoms with Crippen molar-refractivity contribution < 1.29 is 36.8 Å². The highest BCUT2D eigenvalue weighted by atomic mass is 19.4. The van der Waals surface area contributed by atoms with Crippen LogP contribution in [-0.2, 0) is 17.5 Å². The zero-order valence-corrected chi connectivity index (χ0v) is 17.4. The van der Waals surface area contributed by atoms with Crippen LogP contribution in [0.25, 0.3) is 11.1 Å². The maximum Gasteiger partial charge on any atom is 0.596 e. The second-order valence-corrected chi connectivity index (χ2v) is 8.64. The molecular formula is C21H26F3N2O4+. The number of aromatic nitrogens is 1. The molecular weight excluding hydrogens is 401 g/mol. The van der Waals surface area contributed by atoms with Crippen LogP contribution in [0.1, 0.15) is 57.1 Å². The molecule has 1 heterocycles. The number of ether oxygens (including phenoxy) is 1. The third-order valence-corrected chi connectivity index (χ3v) is 4.85. The van der Waals surface area contributed by atoms with Gasteiger partial charge in [0.05, 0.1) is 12.0 Å².